The third-order valence-electron chi connectivity index (χ3n) is 1.91. The summed E-state index contributed by atoms with van der Waals surface area (Å²) in [6.45, 7) is 0.676. The Balaban J connectivity index is 2.35. The minimum absolute atomic E-state index is 0.676. The van der Waals surface area contributed by atoms with Crippen molar-refractivity contribution in [2.75, 3.05) is 13.7 Å². The molecule has 4 heteroatoms. The summed E-state index contributed by atoms with van der Waals surface area (Å²) >= 11 is 0. The van der Waals surface area contributed by atoms with Crippen molar-refractivity contribution in [1.29, 1.82) is 0 Å². The molecule has 13 heavy (non-hydrogen) atoms. The zero-order valence-electron chi connectivity index (χ0n) is 7.47. The molecule has 2 heterocycles. The van der Waals surface area contributed by atoms with Gasteiger partial charge in [-0.2, -0.15) is 0 Å². The predicted octanol–water partition coefficient (Wildman–Crippen LogP) is 0.918. The van der Waals surface area contributed by atoms with E-state index in [1.165, 1.54) is 0 Å². The summed E-state index contributed by atoms with van der Waals surface area (Å²) in [5, 5.41) is 8.09. The summed E-state index contributed by atoms with van der Waals surface area (Å²) in [4.78, 5) is 0. The Labute approximate surface area is 76.2 Å². The van der Waals surface area contributed by atoms with Gasteiger partial charge in [0.1, 0.15) is 5.82 Å². The van der Waals surface area contributed by atoms with Gasteiger partial charge in [-0.1, -0.05) is 6.07 Å². The lowest BCUT2D eigenvalue weighted by Crippen LogP contribution is -1.99. The van der Waals surface area contributed by atoms with Gasteiger partial charge in [-0.15, -0.1) is 10.2 Å². The Hall–Kier alpha value is -1.42. The van der Waals surface area contributed by atoms with Gasteiger partial charge < -0.3 is 4.74 Å². The molecule has 0 saturated carbocycles. The first kappa shape index (κ1) is 8.19. The van der Waals surface area contributed by atoms with Crippen LogP contribution >= 0.6 is 0 Å². The van der Waals surface area contributed by atoms with Gasteiger partial charge in [0.2, 0.25) is 0 Å². The summed E-state index contributed by atoms with van der Waals surface area (Å²) in [5.74, 6) is 0.942. The summed E-state index contributed by atoms with van der Waals surface area (Å²) in [5.41, 5.74) is 0.883. The van der Waals surface area contributed by atoms with E-state index in [2.05, 4.69) is 10.2 Å². The Morgan fingerprint density at radius 1 is 1.38 bits per heavy atom. The van der Waals surface area contributed by atoms with Crippen LogP contribution in [0.5, 0.6) is 0 Å². The van der Waals surface area contributed by atoms with Gasteiger partial charge in [0.05, 0.1) is 6.61 Å². The van der Waals surface area contributed by atoms with Crippen molar-refractivity contribution in [1.82, 2.24) is 14.6 Å². The van der Waals surface area contributed by atoms with Crippen molar-refractivity contribution < 1.29 is 4.74 Å². The van der Waals surface area contributed by atoms with Gasteiger partial charge in [0.25, 0.3) is 0 Å². The number of nitrogens with zero attached hydrogens (tertiary/aromatic N) is 3. The van der Waals surface area contributed by atoms with Gasteiger partial charge >= 0.3 is 0 Å². The average Bonchev–Trinajstić information content (AvgIpc) is 2.58. The minimum atomic E-state index is 0.676. The highest BCUT2D eigenvalue weighted by molar-refractivity contribution is 5.36. The van der Waals surface area contributed by atoms with Crippen LogP contribution in [-0.4, -0.2) is 28.3 Å². The van der Waals surface area contributed by atoms with E-state index in [-0.39, 0.29) is 0 Å². The first-order valence-corrected chi connectivity index (χ1v) is 4.19. The largest absolute Gasteiger partial charge is 0.384 e. The summed E-state index contributed by atoms with van der Waals surface area (Å²) in [7, 11) is 1.68. The number of pyridine rings is 1. The van der Waals surface area contributed by atoms with E-state index in [4.69, 9.17) is 4.74 Å². The molecule has 0 N–H and O–H groups in total. The zero-order valence-corrected chi connectivity index (χ0v) is 7.47. The third-order valence-corrected chi connectivity index (χ3v) is 1.91. The van der Waals surface area contributed by atoms with Crippen LogP contribution in [-0.2, 0) is 11.2 Å². The summed E-state index contributed by atoms with van der Waals surface area (Å²) in [6.07, 6.45) is 2.75. The van der Waals surface area contributed by atoms with Crippen LogP contribution in [0.1, 0.15) is 5.82 Å². The van der Waals surface area contributed by atoms with E-state index in [1.807, 2.05) is 28.8 Å². The second-order valence-electron chi connectivity index (χ2n) is 2.79. The maximum atomic E-state index is 4.98. The molecule has 0 spiro atoms. The Morgan fingerprint density at radius 3 is 3.15 bits per heavy atom. The number of ether oxygens (including phenoxy) is 1. The van der Waals surface area contributed by atoms with E-state index in [1.54, 1.807) is 7.11 Å². The fourth-order valence-electron chi connectivity index (χ4n) is 1.25. The molecule has 68 valence electrons. The number of methoxy groups -OCH3 is 1. The number of rotatable bonds is 3. The van der Waals surface area contributed by atoms with Crippen molar-refractivity contribution in [2.45, 2.75) is 6.42 Å². The van der Waals surface area contributed by atoms with Gasteiger partial charge in [-0.3, -0.25) is 4.40 Å². The zero-order chi connectivity index (χ0) is 9.10. The van der Waals surface area contributed by atoms with Crippen molar-refractivity contribution in [3.63, 3.8) is 0 Å². The molecule has 0 bridgehead atoms. The summed E-state index contributed by atoms with van der Waals surface area (Å²) < 4.78 is 6.95. The Bertz CT molecular complexity index is 396. The molecule has 2 aromatic heterocycles. The topological polar surface area (TPSA) is 39.4 Å². The summed E-state index contributed by atoms with van der Waals surface area (Å²) in [6, 6.07) is 5.85. The highest BCUT2D eigenvalue weighted by Crippen LogP contribution is 2.02. The van der Waals surface area contributed by atoms with Crippen LogP contribution in [0.3, 0.4) is 0 Å². The number of hydrogen-bond donors (Lipinski definition) is 0. The lowest BCUT2D eigenvalue weighted by molar-refractivity contribution is 0.200. The third kappa shape index (κ3) is 1.53. The van der Waals surface area contributed by atoms with Crippen LogP contribution in [0, 0.1) is 0 Å². The minimum Gasteiger partial charge on any atom is -0.384 e. The van der Waals surface area contributed by atoms with Gasteiger partial charge in [-0.05, 0) is 12.1 Å². The first-order valence-electron chi connectivity index (χ1n) is 4.19. The highest BCUT2D eigenvalue weighted by atomic mass is 16.5. The van der Waals surface area contributed by atoms with Crippen molar-refractivity contribution in [2.24, 2.45) is 0 Å². The lowest BCUT2D eigenvalue weighted by atomic mass is 10.4. The second-order valence-corrected chi connectivity index (χ2v) is 2.79. The number of fused-ring (bicyclic) bond motifs is 1. The molecule has 0 fully saturated rings. The number of aromatic nitrogens is 3. The van der Waals surface area contributed by atoms with Crippen LogP contribution in [0.2, 0.25) is 0 Å². The van der Waals surface area contributed by atoms with Gasteiger partial charge in [0.15, 0.2) is 5.65 Å². The maximum Gasteiger partial charge on any atom is 0.160 e. The second kappa shape index (κ2) is 3.53. The van der Waals surface area contributed by atoms with Gasteiger partial charge in [-0.25, -0.2) is 0 Å². The molecule has 0 atom stereocenters. The standard InChI is InChI=1S/C9H11N3O/c1-13-7-5-9-11-10-8-4-2-3-6-12(8)9/h2-4,6H,5,7H2,1H3. The van der Waals surface area contributed by atoms with E-state index >= 15 is 0 Å². The van der Waals surface area contributed by atoms with Crippen LogP contribution < -0.4 is 0 Å². The fraction of sp³-hybridized carbons (Fsp3) is 0.333. The molecular formula is C9H11N3O. The van der Waals surface area contributed by atoms with Gasteiger partial charge in [0, 0.05) is 19.7 Å². The molecule has 4 nitrogen and oxygen atoms in total. The Morgan fingerprint density at radius 2 is 2.31 bits per heavy atom. The van der Waals surface area contributed by atoms with Crippen molar-refractivity contribution in [3.05, 3.63) is 30.2 Å². The van der Waals surface area contributed by atoms with Crippen molar-refractivity contribution in [3.8, 4) is 0 Å². The van der Waals surface area contributed by atoms with E-state index < -0.39 is 0 Å². The molecule has 2 aromatic rings. The smallest absolute Gasteiger partial charge is 0.160 e. The molecular weight excluding hydrogens is 166 g/mol. The normalized spacial score (nSPS) is 10.8. The molecule has 0 amide bonds. The molecule has 0 unspecified atom stereocenters. The molecule has 0 saturated heterocycles. The number of hydrogen-bond acceptors (Lipinski definition) is 3. The Kier molecular flexibility index (Phi) is 2.23. The van der Waals surface area contributed by atoms with Crippen molar-refractivity contribution >= 4 is 5.65 Å². The SMILES string of the molecule is COCCc1nnc2ccccn12. The van der Waals surface area contributed by atoms with E-state index in [9.17, 15) is 0 Å². The predicted molar refractivity (Wildman–Crippen MR) is 48.6 cm³/mol. The van der Waals surface area contributed by atoms with E-state index in [0.717, 1.165) is 17.9 Å². The lowest BCUT2D eigenvalue weighted by Gasteiger charge is -1.97. The molecule has 2 rings (SSSR count). The average molecular weight is 177 g/mol. The monoisotopic (exact) mass is 177 g/mol. The maximum absolute atomic E-state index is 4.98. The molecule has 0 aliphatic rings. The highest BCUT2D eigenvalue weighted by Gasteiger charge is 2.02. The van der Waals surface area contributed by atoms with Crippen LogP contribution in [0.15, 0.2) is 24.4 Å². The quantitative estimate of drug-likeness (QED) is 0.699. The molecule has 0 radical (unpaired) electrons. The molecule has 0 aliphatic heterocycles. The van der Waals surface area contributed by atoms with Crippen LogP contribution in [0.25, 0.3) is 5.65 Å². The van der Waals surface area contributed by atoms with Crippen LogP contribution in [0.4, 0.5) is 0 Å². The first-order chi connectivity index (χ1) is 6.42. The van der Waals surface area contributed by atoms with E-state index in [0.29, 0.717) is 6.61 Å². The fourth-order valence-corrected chi connectivity index (χ4v) is 1.25. The molecule has 0 aliphatic carbocycles. The molecule has 0 aromatic carbocycles.